The van der Waals surface area contributed by atoms with Gasteiger partial charge >= 0.3 is 12.1 Å². The zero-order chi connectivity index (χ0) is 17.9. The van der Waals surface area contributed by atoms with Crippen molar-refractivity contribution in [3.8, 4) is 0 Å². The van der Waals surface area contributed by atoms with Crippen LogP contribution in [0.15, 0.2) is 5.28 Å². The van der Waals surface area contributed by atoms with Crippen LogP contribution in [0.2, 0.25) is 0 Å². The molecule has 0 saturated carbocycles. The van der Waals surface area contributed by atoms with Gasteiger partial charge in [-0.05, 0) is 33.6 Å². The molecule has 0 saturated heterocycles. The molecule has 0 aromatic rings. The van der Waals surface area contributed by atoms with E-state index in [2.05, 4.69) is 14.9 Å². The molecule has 10 heteroatoms. The number of carboxylic acids is 1. The molecule has 10 nitrogen and oxygen atoms in total. The van der Waals surface area contributed by atoms with Crippen molar-refractivity contribution in [2.45, 2.75) is 52.1 Å². The number of carbonyl (C=O) groups excluding carboxylic acids is 1. The van der Waals surface area contributed by atoms with E-state index in [0.717, 1.165) is 0 Å². The Bertz CT molecular complexity index is 407. The summed E-state index contributed by atoms with van der Waals surface area (Å²) in [6.45, 7) is 4.90. The number of aliphatic carboxylic acids is 1. The molecule has 0 unspecified atom stereocenters. The number of unbranched alkanes of at least 4 members (excludes halogenated alkanes) is 2. The highest BCUT2D eigenvalue weighted by molar-refractivity contribution is 5.66. The van der Waals surface area contributed by atoms with E-state index in [9.17, 15) is 14.8 Å². The molecule has 0 spiro atoms. The van der Waals surface area contributed by atoms with Gasteiger partial charge in [0.2, 0.25) is 5.28 Å². The molecule has 0 atom stereocenters. The minimum Gasteiger partial charge on any atom is -0.569 e. The van der Waals surface area contributed by atoms with Crippen LogP contribution < -0.4 is 0 Å². The molecular weight excluding hydrogens is 310 g/mol. The lowest BCUT2D eigenvalue weighted by Gasteiger charge is -2.18. The first-order chi connectivity index (χ1) is 10.6. The van der Waals surface area contributed by atoms with Gasteiger partial charge in [-0.2, -0.15) is 0 Å². The van der Waals surface area contributed by atoms with Crippen molar-refractivity contribution >= 4 is 12.1 Å². The van der Waals surface area contributed by atoms with Crippen molar-refractivity contribution in [3.05, 3.63) is 5.21 Å². The average Bonchev–Trinajstić information content (AvgIpc) is 2.40. The second kappa shape index (κ2) is 10.5. The number of hydrogen-bond acceptors (Lipinski definition) is 7. The van der Waals surface area contributed by atoms with Gasteiger partial charge in [-0.1, -0.05) is 6.42 Å². The van der Waals surface area contributed by atoms with Crippen LogP contribution in [0.1, 0.15) is 46.5 Å². The van der Waals surface area contributed by atoms with Gasteiger partial charge in [-0.3, -0.25) is 4.79 Å². The van der Waals surface area contributed by atoms with Crippen LogP contribution in [0.4, 0.5) is 4.79 Å². The molecule has 0 radical (unpaired) electrons. The third kappa shape index (κ3) is 13.1. The van der Waals surface area contributed by atoms with Gasteiger partial charge in [0.25, 0.3) is 6.79 Å². The van der Waals surface area contributed by atoms with Crippen molar-refractivity contribution in [1.82, 2.24) is 5.01 Å². The third-order valence-electron chi connectivity index (χ3n) is 2.41. The summed E-state index contributed by atoms with van der Waals surface area (Å²) in [5, 5.41) is 24.4. The van der Waals surface area contributed by atoms with Gasteiger partial charge in [-0.15, -0.1) is 5.01 Å². The van der Waals surface area contributed by atoms with Crippen molar-refractivity contribution in [1.29, 1.82) is 0 Å². The topological polar surface area (TPSA) is 124 Å². The molecule has 1 N–H and O–H groups in total. The Balaban J connectivity index is 3.83. The van der Waals surface area contributed by atoms with E-state index >= 15 is 0 Å². The van der Waals surface area contributed by atoms with Crippen LogP contribution in [-0.2, 0) is 19.1 Å². The molecule has 0 rings (SSSR count). The first-order valence-electron chi connectivity index (χ1n) is 7.20. The fraction of sp³-hybridized carbons (Fsp3) is 0.846. The molecule has 0 amide bonds. The fourth-order valence-corrected chi connectivity index (χ4v) is 1.37. The Kier molecular flexibility index (Phi) is 9.44. The largest absolute Gasteiger partial charge is 0.569 e. The van der Waals surface area contributed by atoms with E-state index < -0.39 is 24.5 Å². The lowest BCUT2D eigenvalue weighted by Crippen LogP contribution is -2.28. The monoisotopic (exact) mass is 335 g/mol. The van der Waals surface area contributed by atoms with Crippen LogP contribution in [0.25, 0.3) is 0 Å². The molecule has 0 aliphatic rings. The summed E-state index contributed by atoms with van der Waals surface area (Å²) in [7, 11) is 1.51. The smallest absolute Gasteiger partial charge is 0.511 e. The van der Waals surface area contributed by atoms with E-state index in [-0.39, 0.29) is 11.4 Å². The number of carbonyl (C=O) groups is 2. The SMILES string of the molecule is CN(CCCCCC(=O)O)[N+]([O-])=NOCOC(=O)OC(C)(C)C. The van der Waals surface area contributed by atoms with Gasteiger partial charge < -0.3 is 24.6 Å². The molecule has 0 aromatic heterocycles. The minimum absolute atomic E-state index is 0.111. The number of hydrogen-bond donors (Lipinski definition) is 1. The first kappa shape index (κ1) is 20.7. The van der Waals surface area contributed by atoms with Crippen molar-refractivity contribution in [3.63, 3.8) is 0 Å². The Morgan fingerprint density at radius 3 is 2.48 bits per heavy atom. The molecule has 0 bridgehead atoms. The predicted molar refractivity (Wildman–Crippen MR) is 78.1 cm³/mol. The van der Waals surface area contributed by atoms with E-state index in [1.165, 1.54) is 12.1 Å². The zero-order valence-electron chi connectivity index (χ0n) is 14.0. The van der Waals surface area contributed by atoms with Crippen LogP contribution >= 0.6 is 0 Å². The average molecular weight is 335 g/mol. The zero-order valence-corrected chi connectivity index (χ0v) is 14.0. The van der Waals surface area contributed by atoms with Gasteiger partial charge in [-0.25, -0.2) is 4.79 Å². The standard InChI is InChI=1S/C13H25N3O7/c1-13(2,3)23-12(19)21-10-22-14-16(20)15(4)9-7-5-6-8-11(17)18/h5-10H2,1-4H3,(H,17,18). The predicted octanol–water partition coefficient (Wildman–Crippen LogP) is 2.28. The maximum atomic E-state index is 11.5. The molecule has 134 valence electrons. The molecular formula is C13H25N3O7. The van der Waals surface area contributed by atoms with Crippen LogP contribution in [0.3, 0.4) is 0 Å². The molecule has 0 aromatic carbocycles. The van der Waals surface area contributed by atoms with Crippen molar-refractivity contribution in [2.24, 2.45) is 5.28 Å². The molecule has 0 aliphatic carbocycles. The van der Waals surface area contributed by atoms with Crippen molar-refractivity contribution in [2.75, 3.05) is 20.4 Å². The highest BCUT2D eigenvalue weighted by Crippen LogP contribution is 2.08. The van der Waals surface area contributed by atoms with Crippen LogP contribution in [-0.4, -0.2) is 53.2 Å². The lowest BCUT2D eigenvalue weighted by molar-refractivity contribution is -0.706. The second-order valence-electron chi connectivity index (χ2n) is 5.78. The summed E-state index contributed by atoms with van der Waals surface area (Å²) >= 11 is 0. The number of carboxylic acid groups (broad SMARTS) is 1. The Morgan fingerprint density at radius 1 is 1.26 bits per heavy atom. The van der Waals surface area contributed by atoms with Crippen LogP contribution in [0, 0.1) is 5.21 Å². The number of ether oxygens (including phenoxy) is 2. The van der Waals surface area contributed by atoms with Gasteiger partial charge in [0.1, 0.15) is 5.60 Å². The van der Waals surface area contributed by atoms with Gasteiger partial charge in [0.05, 0.1) is 18.6 Å². The summed E-state index contributed by atoms with van der Waals surface area (Å²) in [4.78, 5) is 26.3. The maximum absolute atomic E-state index is 11.5. The molecule has 0 aliphatic heterocycles. The van der Waals surface area contributed by atoms with E-state index in [0.29, 0.717) is 25.8 Å². The molecule has 0 heterocycles. The summed E-state index contributed by atoms with van der Waals surface area (Å²) in [5.74, 6) is -0.836. The first-order valence-corrected chi connectivity index (χ1v) is 7.20. The highest BCUT2D eigenvalue weighted by Gasteiger charge is 2.17. The Labute approximate surface area is 135 Å². The van der Waals surface area contributed by atoms with Crippen LogP contribution in [0.5, 0.6) is 0 Å². The number of rotatable bonds is 10. The van der Waals surface area contributed by atoms with Gasteiger partial charge in [0, 0.05) is 6.42 Å². The number of hydrazine groups is 1. The summed E-state index contributed by atoms with van der Waals surface area (Å²) in [6, 6.07) is 0. The molecule has 23 heavy (non-hydrogen) atoms. The minimum atomic E-state index is -0.920. The second-order valence-corrected chi connectivity index (χ2v) is 5.78. The highest BCUT2D eigenvalue weighted by atomic mass is 16.8. The fourth-order valence-electron chi connectivity index (χ4n) is 1.37. The summed E-state index contributed by atoms with van der Waals surface area (Å²) < 4.78 is 9.43. The number of nitrogens with zero attached hydrogens (tertiary/aromatic N) is 3. The van der Waals surface area contributed by atoms with Gasteiger partial charge in [0.15, 0.2) is 0 Å². The summed E-state index contributed by atoms with van der Waals surface area (Å²) in [5.41, 5.74) is -0.681. The third-order valence-corrected chi connectivity index (χ3v) is 2.41. The maximum Gasteiger partial charge on any atom is 0.511 e. The Morgan fingerprint density at radius 2 is 1.91 bits per heavy atom. The van der Waals surface area contributed by atoms with E-state index in [1.807, 2.05) is 0 Å². The quantitative estimate of drug-likeness (QED) is 0.161. The Hall–Kier alpha value is -2.26. The molecule has 0 fully saturated rings. The van der Waals surface area contributed by atoms with E-state index in [1.54, 1.807) is 20.8 Å². The summed E-state index contributed by atoms with van der Waals surface area (Å²) in [6.07, 6.45) is 1.08. The normalized spacial score (nSPS) is 11.7. The van der Waals surface area contributed by atoms with E-state index in [4.69, 9.17) is 9.84 Å². The van der Waals surface area contributed by atoms with Crippen molar-refractivity contribution < 1.29 is 34.0 Å². The lowest BCUT2D eigenvalue weighted by atomic mass is 10.2.